The Balaban J connectivity index is 1.77. The van der Waals surface area contributed by atoms with Crippen LogP contribution in [0.1, 0.15) is 52.0 Å². The zero-order valence-electron chi connectivity index (χ0n) is 20.3. The highest BCUT2D eigenvalue weighted by atomic mass is 32.2. The van der Waals surface area contributed by atoms with Crippen LogP contribution in [0.2, 0.25) is 0 Å². The Hall–Kier alpha value is -3.32. The van der Waals surface area contributed by atoms with E-state index in [0.717, 1.165) is 34.4 Å². The second-order valence-electron chi connectivity index (χ2n) is 8.41. The standard InChI is InChI=1S/C27H32N2O4S/c1-6-25(22-14-16-24(33-4)17-15-22)28-27(30)23-12-10-21(11-13-23)18-29(34(5,31)32)26-19(2)8-7-9-20(26)3/h7-17,25H,6,18H2,1-5H3,(H,28,30)/t25-/m0/s1. The number of rotatable bonds is 9. The highest BCUT2D eigenvalue weighted by molar-refractivity contribution is 7.92. The Labute approximate surface area is 202 Å². The number of amides is 1. The van der Waals surface area contributed by atoms with Crippen molar-refractivity contribution in [3.63, 3.8) is 0 Å². The van der Waals surface area contributed by atoms with Crippen molar-refractivity contribution in [2.75, 3.05) is 17.7 Å². The number of para-hydroxylation sites is 1. The minimum Gasteiger partial charge on any atom is -0.497 e. The molecule has 6 nitrogen and oxygen atoms in total. The summed E-state index contributed by atoms with van der Waals surface area (Å²) in [6.45, 7) is 6.02. The molecule has 0 unspecified atom stereocenters. The van der Waals surface area contributed by atoms with E-state index in [9.17, 15) is 13.2 Å². The molecule has 0 aliphatic rings. The molecular weight excluding hydrogens is 448 g/mol. The van der Waals surface area contributed by atoms with Crippen molar-refractivity contribution in [3.8, 4) is 5.75 Å². The zero-order chi connectivity index (χ0) is 24.9. The summed E-state index contributed by atoms with van der Waals surface area (Å²) < 4.78 is 31.8. The summed E-state index contributed by atoms with van der Waals surface area (Å²) in [5, 5.41) is 3.08. The van der Waals surface area contributed by atoms with Gasteiger partial charge in [-0.05, 0) is 66.8 Å². The number of nitrogens with one attached hydrogen (secondary N) is 1. The average Bonchev–Trinajstić information content (AvgIpc) is 2.81. The summed E-state index contributed by atoms with van der Waals surface area (Å²) in [4.78, 5) is 12.9. The number of carbonyl (C=O) groups excluding carboxylic acids is 1. The predicted octanol–water partition coefficient (Wildman–Crippen LogP) is 5.16. The van der Waals surface area contributed by atoms with Crippen molar-refractivity contribution in [1.29, 1.82) is 0 Å². The van der Waals surface area contributed by atoms with Crippen LogP contribution in [-0.4, -0.2) is 27.7 Å². The fourth-order valence-electron chi connectivity index (χ4n) is 3.99. The highest BCUT2D eigenvalue weighted by Gasteiger charge is 2.22. The van der Waals surface area contributed by atoms with E-state index >= 15 is 0 Å². The lowest BCUT2D eigenvalue weighted by Crippen LogP contribution is -2.31. The van der Waals surface area contributed by atoms with Crippen molar-refractivity contribution in [2.45, 2.75) is 39.8 Å². The smallest absolute Gasteiger partial charge is 0.251 e. The Morgan fingerprint density at radius 2 is 1.56 bits per heavy atom. The Morgan fingerprint density at radius 1 is 0.971 bits per heavy atom. The van der Waals surface area contributed by atoms with Crippen LogP contribution >= 0.6 is 0 Å². The number of nitrogens with zero attached hydrogens (tertiary/aromatic N) is 1. The van der Waals surface area contributed by atoms with Crippen LogP contribution in [-0.2, 0) is 16.6 Å². The molecular formula is C27H32N2O4S. The third kappa shape index (κ3) is 5.97. The van der Waals surface area contributed by atoms with Crippen LogP contribution in [0.15, 0.2) is 66.7 Å². The molecule has 0 aromatic heterocycles. The minimum absolute atomic E-state index is 0.122. The number of hydrogen-bond donors (Lipinski definition) is 1. The van der Waals surface area contributed by atoms with Gasteiger partial charge in [-0.3, -0.25) is 9.10 Å². The van der Waals surface area contributed by atoms with Gasteiger partial charge in [0.1, 0.15) is 5.75 Å². The Morgan fingerprint density at radius 3 is 2.06 bits per heavy atom. The van der Waals surface area contributed by atoms with Crippen molar-refractivity contribution in [2.24, 2.45) is 0 Å². The highest BCUT2D eigenvalue weighted by Crippen LogP contribution is 2.28. The van der Waals surface area contributed by atoms with Gasteiger partial charge in [-0.2, -0.15) is 0 Å². The molecule has 0 saturated carbocycles. The van der Waals surface area contributed by atoms with Crippen molar-refractivity contribution in [3.05, 3.63) is 94.5 Å². The van der Waals surface area contributed by atoms with E-state index in [2.05, 4.69) is 5.32 Å². The molecule has 1 amide bonds. The van der Waals surface area contributed by atoms with Crippen molar-refractivity contribution >= 4 is 21.6 Å². The topological polar surface area (TPSA) is 75.7 Å². The number of aryl methyl sites for hydroxylation is 2. The molecule has 34 heavy (non-hydrogen) atoms. The molecule has 1 atom stereocenters. The van der Waals surface area contributed by atoms with Gasteiger partial charge in [0.2, 0.25) is 10.0 Å². The van der Waals surface area contributed by atoms with Crippen molar-refractivity contribution < 1.29 is 17.9 Å². The van der Waals surface area contributed by atoms with E-state index in [-0.39, 0.29) is 18.5 Å². The van der Waals surface area contributed by atoms with Crippen LogP contribution in [0.3, 0.4) is 0 Å². The summed E-state index contributed by atoms with van der Waals surface area (Å²) >= 11 is 0. The van der Waals surface area contributed by atoms with Crippen LogP contribution in [0.5, 0.6) is 5.75 Å². The second kappa shape index (κ2) is 10.7. The van der Waals surface area contributed by atoms with E-state index in [4.69, 9.17) is 4.74 Å². The summed E-state index contributed by atoms with van der Waals surface area (Å²) in [5.74, 6) is 0.591. The number of carbonyl (C=O) groups is 1. The van der Waals surface area contributed by atoms with E-state index in [1.807, 2.05) is 63.2 Å². The summed E-state index contributed by atoms with van der Waals surface area (Å²) in [5.41, 5.74) is 4.81. The molecule has 0 spiro atoms. The molecule has 3 aromatic rings. The Kier molecular flexibility index (Phi) is 7.99. The third-order valence-corrected chi connectivity index (χ3v) is 6.98. The predicted molar refractivity (Wildman–Crippen MR) is 137 cm³/mol. The number of anilines is 1. The van der Waals surface area contributed by atoms with Gasteiger partial charge < -0.3 is 10.1 Å². The van der Waals surface area contributed by atoms with Gasteiger partial charge in [-0.1, -0.05) is 49.4 Å². The van der Waals surface area contributed by atoms with Gasteiger partial charge in [-0.15, -0.1) is 0 Å². The number of hydrogen-bond acceptors (Lipinski definition) is 4. The SMILES string of the molecule is CC[C@H](NC(=O)c1ccc(CN(c2c(C)cccc2C)S(C)(=O)=O)cc1)c1ccc(OC)cc1. The maximum absolute atomic E-state index is 12.9. The van der Waals surface area contributed by atoms with E-state index in [0.29, 0.717) is 11.3 Å². The molecule has 0 radical (unpaired) electrons. The largest absolute Gasteiger partial charge is 0.497 e. The fraction of sp³-hybridized carbons (Fsp3) is 0.296. The molecule has 0 aliphatic heterocycles. The molecule has 0 fully saturated rings. The number of ether oxygens (including phenoxy) is 1. The van der Waals surface area contributed by atoms with Gasteiger partial charge >= 0.3 is 0 Å². The average molecular weight is 481 g/mol. The molecule has 180 valence electrons. The van der Waals surface area contributed by atoms with Crippen LogP contribution in [0, 0.1) is 13.8 Å². The molecule has 7 heteroatoms. The first-order valence-electron chi connectivity index (χ1n) is 11.2. The number of sulfonamides is 1. The monoisotopic (exact) mass is 480 g/mol. The van der Waals surface area contributed by atoms with Gasteiger partial charge in [0.15, 0.2) is 0 Å². The summed E-state index contributed by atoms with van der Waals surface area (Å²) in [6, 6.07) is 20.3. The Bertz CT molecular complexity index is 1220. The molecule has 0 saturated heterocycles. The normalized spacial score (nSPS) is 12.1. The summed E-state index contributed by atoms with van der Waals surface area (Å²) in [6.07, 6.45) is 1.96. The van der Waals surface area contributed by atoms with Gasteiger partial charge in [0.25, 0.3) is 5.91 Å². The molecule has 0 heterocycles. The maximum Gasteiger partial charge on any atom is 0.251 e. The third-order valence-electron chi connectivity index (χ3n) is 5.86. The molecule has 0 aliphatic carbocycles. The molecule has 3 rings (SSSR count). The molecule has 3 aromatic carbocycles. The fourth-order valence-corrected chi connectivity index (χ4v) is 4.99. The quantitative estimate of drug-likeness (QED) is 0.459. The lowest BCUT2D eigenvalue weighted by molar-refractivity contribution is 0.0935. The van der Waals surface area contributed by atoms with Crippen LogP contribution < -0.4 is 14.4 Å². The van der Waals surface area contributed by atoms with E-state index in [1.54, 1.807) is 31.4 Å². The van der Waals surface area contributed by atoms with E-state index in [1.165, 1.54) is 10.6 Å². The number of benzene rings is 3. The van der Waals surface area contributed by atoms with Gasteiger partial charge in [0, 0.05) is 5.56 Å². The first-order chi connectivity index (χ1) is 16.1. The lowest BCUT2D eigenvalue weighted by Gasteiger charge is -2.26. The first-order valence-corrected chi connectivity index (χ1v) is 13.1. The maximum atomic E-state index is 12.9. The lowest BCUT2D eigenvalue weighted by atomic mass is 10.0. The van der Waals surface area contributed by atoms with Gasteiger partial charge in [0.05, 0.1) is 31.6 Å². The van der Waals surface area contributed by atoms with Crippen molar-refractivity contribution in [1.82, 2.24) is 5.32 Å². The second-order valence-corrected chi connectivity index (χ2v) is 10.3. The molecule has 1 N–H and O–H groups in total. The zero-order valence-corrected chi connectivity index (χ0v) is 21.1. The molecule has 0 bridgehead atoms. The van der Waals surface area contributed by atoms with Crippen LogP contribution in [0.4, 0.5) is 5.69 Å². The summed E-state index contributed by atoms with van der Waals surface area (Å²) in [7, 11) is -1.88. The van der Waals surface area contributed by atoms with E-state index < -0.39 is 10.0 Å². The van der Waals surface area contributed by atoms with Crippen LogP contribution in [0.25, 0.3) is 0 Å². The minimum atomic E-state index is -3.50. The number of methoxy groups -OCH3 is 1. The first kappa shape index (κ1) is 25.3. The van der Waals surface area contributed by atoms with Gasteiger partial charge in [-0.25, -0.2) is 8.42 Å².